The van der Waals surface area contributed by atoms with Crippen LogP contribution in [-0.4, -0.2) is 66.0 Å². The Bertz CT molecular complexity index is 720. The van der Waals surface area contributed by atoms with E-state index in [0.717, 1.165) is 77.2 Å². The Kier molecular flexibility index (Phi) is 8.49. The first-order chi connectivity index (χ1) is 14.6. The minimum atomic E-state index is -0.287. The van der Waals surface area contributed by atoms with E-state index in [9.17, 15) is 9.59 Å². The second kappa shape index (κ2) is 11.1. The molecule has 4 fully saturated rings. The number of carbonyl (C=O) groups excluding carboxylic acids is 2. The van der Waals surface area contributed by atoms with Gasteiger partial charge in [0, 0.05) is 45.1 Å². The molecular formula is C22H35ClN6O2. The molecule has 2 atom stereocenters. The van der Waals surface area contributed by atoms with E-state index in [1.807, 2.05) is 6.07 Å². The van der Waals surface area contributed by atoms with Crippen LogP contribution in [0.25, 0.3) is 0 Å². The number of hydrogen-bond donors (Lipinski definition) is 2. The van der Waals surface area contributed by atoms with Gasteiger partial charge in [-0.25, -0.2) is 9.97 Å². The van der Waals surface area contributed by atoms with Crippen molar-refractivity contribution in [2.75, 3.05) is 44.2 Å². The van der Waals surface area contributed by atoms with Gasteiger partial charge in [0.1, 0.15) is 0 Å². The Morgan fingerprint density at radius 1 is 0.968 bits per heavy atom. The third-order valence-electron chi connectivity index (χ3n) is 7.26. The normalized spacial score (nSPS) is 28.1. The number of piperazine rings is 1. The minimum absolute atomic E-state index is 0. The number of nitrogens with zero attached hydrogens (tertiary/aromatic N) is 4. The van der Waals surface area contributed by atoms with E-state index < -0.39 is 0 Å². The van der Waals surface area contributed by atoms with Crippen LogP contribution in [0.2, 0.25) is 0 Å². The summed E-state index contributed by atoms with van der Waals surface area (Å²) >= 11 is 0. The first kappa shape index (κ1) is 23.7. The minimum Gasteiger partial charge on any atom is -0.369 e. The molecule has 31 heavy (non-hydrogen) atoms. The lowest BCUT2D eigenvalue weighted by Crippen LogP contribution is -2.52. The molecule has 8 nitrogen and oxygen atoms in total. The van der Waals surface area contributed by atoms with Gasteiger partial charge in [-0.15, -0.1) is 12.4 Å². The summed E-state index contributed by atoms with van der Waals surface area (Å²) in [5, 5.41) is 3.10. The molecule has 0 spiro atoms. The predicted octanol–water partition coefficient (Wildman–Crippen LogP) is 1.45. The number of amides is 2. The highest BCUT2D eigenvalue weighted by molar-refractivity contribution is 5.87. The number of aromatic nitrogens is 2. The Hall–Kier alpha value is -1.93. The van der Waals surface area contributed by atoms with Crippen LogP contribution in [0.15, 0.2) is 18.5 Å². The summed E-state index contributed by atoms with van der Waals surface area (Å²) < 4.78 is 0. The van der Waals surface area contributed by atoms with Crippen LogP contribution >= 0.6 is 12.4 Å². The molecule has 172 valence electrons. The van der Waals surface area contributed by atoms with Crippen molar-refractivity contribution in [2.45, 2.75) is 38.5 Å². The Morgan fingerprint density at radius 3 is 2.19 bits per heavy atom. The molecule has 1 aliphatic heterocycles. The number of anilines is 1. The summed E-state index contributed by atoms with van der Waals surface area (Å²) in [6.07, 6.45) is 9.80. The van der Waals surface area contributed by atoms with Gasteiger partial charge in [0.05, 0.1) is 11.8 Å². The van der Waals surface area contributed by atoms with Crippen LogP contribution in [0.1, 0.15) is 38.5 Å². The van der Waals surface area contributed by atoms with Crippen molar-refractivity contribution < 1.29 is 9.59 Å². The fraction of sp³-hybridized carbons (Fsp3) is 0.727. The van der Waals surface area contributed by atoms with Gasteiger partial charge in [-0.1, -0.05) is 0 Å². The topological polar surface area (TPSA) is 104 Å². The van der Waals surface area contributed by atoms with E-state index in [1.165, 1.54) is 0 Å². The number of unbranched alkanes of at least 4 members (excludes halogenated alkanes) is 1. The number of nitrogens with one attached hydrogen (secondary N) is 1. The van der Waals surface area contributed by atoms with Crippen molar-refractivity contribution in [1.82, 2.24) is 20.2 Å². The van der Waals surface area contributed by atoms with E-state index in [1.54, 1.807) is 12.4 Å². The van der Waals surface area contributed by atoms with Gasteiger partial charge in [-0.05, 0) is 63.0 Å². The quantitative estimate of drug-likeness (QED) is 0.581. The second-order valence-electron chi connectivity index (χ2n) is 9.00. The molecule has 1 aromatic rings. The number of primary amides is 1. The number of halogens is 1. The number of hydrogen-bond acceptors (Lipinski definition) is 6. The van der Waals surface area contributed by atoms with Crippen LogP contribution in [-0.2, 0) is 9.59 Å². The summed E-state index contributed by atoms with van der Waals surface area (Å²) in [6.45, 7) is 5.62. The Labute approximate surface area is 190 Å². The number of nitrogens with two attached hydrogens (primary N) is 1. The highest BCUT2D eigenvalue weighted by Gasteiger charge is 2.49. The maximum Gasteiger partial charge on any atom is 0.225 e. The molecule has 3 aliphatic carbocycles. The summed E-state index contributed by atoms with van der Waals surface area (Å²) in [7, 11) is 0. The maximum absolute atomic E-state index is 12.8. The molecule has 1 aromatic heterocycles. The van der Waals surface area contributed by atoms with Gasteiger partial charge in [0.15, 0.2) is 0 Å². The van der Waals surface area contributed by atoms with Crippen molar-refractivity contribution in [1.29, 1.82) is 0 Å². The monoisotopic (exact) mass is 450 g/mol. The van der Waals surface area contributed by atoms with Gasteiger partial charge < -0.3 is 16.0 Å². The molecule has 1 saturated heterocycles. The van der Waals surface area contributed by atoms with E-state index in [2.05, 4.69) is 25.1 Å². The molecule has 2 amide bonds. The van der Waals surface area contributed by atoms with Crippen LogP contribution in [0.4, 0.5) is 5.95 Å². The first-order valence-corrected chi connectivity index (χ1v) is 11.4. The molecule has 9 heteroatoms. The third kappa shape index (κ3) is 5.66. The number of rotatable bonds is 8. The van der Waals surface area contributed by atoms with Gasteiger partial charge in [-0.3, -0.25) is 14.5 Å². The summed E-state index contributed by atoms with van der Waals surface area (Å²) in [4.78, 5) is 38.1. The molecule has 2 heterocycles. The fourth-order valence-corrected chi connectivity index (χ4v) is 5.65. The average Bonchev–Trinajstić information content (AvgIpc) is 2.80. The second-order valence-corrected chi connectivity index (χ2v) is 9.00. The van der Waals surface area contributed by atoms with Crippen molar-refractivity contribution in [2.24, 2.45) is 29.4 Å². The van der Waals surface area contributed by atoms with Gasteiger partial charge in [0.2, 0.25) is 17.8 Å². The molecule has 5 rings (SSSR count). The zero-order chi connectivity index (χ0) is 20.9. The predicted molar refractivity (Wildman–Crippen MR) is 122 cm³/mol. The van der Waals surface area contributed by atoms with Gasteiger partial charge >= 0.3 is 0 Å². The van der Waals surface area contributed by atoms with Crippen molar-refractivity contribution >= 4 is 30.2 Å². The smallest absolute Gasteiger partial charge is 0.225 e. The van der Waals surface area contributed by atoms with Gasteiger partial charge in [0.25, 0.3) is 0 Å². The molecular weight excluding hydrogens is 416 g/mol. The molecule has 2 unspecified atom stereocenters. The van der Waals surface area contributed by atoms with Crippen molar-refractivity contribution in [3.8, 4) is 0 Å². The van der Waals surface area contributed by atoms with Crippen molar-refractivity contribution in [3.63, 3.8) is 0 Å². The molecule has 0 aromatic carbocycles. The highest BCUT2D eigenvalue weighted by Crippen LogP contribution is 2.48. The molecule has 3 N–H and O–H groups in total. The lowest BCUT2D eigenvalue weighted by Gasteiger charge is -2.46. The van der Waals surface area contributed by atoms with Crippen LogP contribution < -0.4 is 16.0 Å². The molecule has 0 radical (unpaired) electrons. The van der Waals surface area contributed by atoms with E-state index >= 15 is 0 Å². The van der Waals surface area contributed by atoms with Crippen LogP contribution in [0, 0.1) is 23.7 Å². The van der Waals surface area contributed by atoms with Crippen LogP contribution in [0.5, 0.6) is 0 Å². The van der Waals surface area contributed by atoms with Crippen molar-refractivity contribution in [3.05, 3.63) is 18.5 Å². The van der Waals surface area contributed by atoms with E-state index in [0.29, 0.717) is 18.4 Å². The molecule has 2 bridgehead atoms. The third-order valence-corrected chi connectivity index (χ3v) is 7.26. The maximum atomic E-state index is 12.8. The Balaban J connectivity index is 0.00000272. The zero-order valence-electron chi connectivity index (χ0n) is 18.1. The fourth-order valence-electron chi connectivity index (χ4n) is 5.65. The Morgan fingerprint density at radius 2 is 1.58 bits per heavy atom. The van der Waals surface area contributed by atoms with E-state index in [-0.39, 0.29) is 36.1 Å². The van der Waals surface area contributed by atoms with Gasteiger partial charge in [-0.2, -0.15) is 0 Å². The summed E-state index contributed by atoms with van der Waals surface area (Å²) in [6, 6.07) is 1.84. The van der Waals surface area contributed by atoms with Crippen LogP contribution in [0.3, 0.4) is 0 Å². The largest absolute Gasteiger partial charge is 0.369 e. The summed E-state index contributed by atoms with van der Waals surface area (Å²) in [5.74, 6) is 0.742. The molecule has 4 aliphatic rings. The summed E-state index contributed by atoms with van der Waals surface area (Å²) in [5.41, 5.74) is 5.65. The first-order valence-electron chi connectivity index (χ1n) is 11.4. The van der Waals surface area contributed by atoms with E-state index in [4.69, 9.17) is 5.73 Å². The zero-order valence-corrected chi connectivity index (χ0v) is 18.9. The average molecular weight is 451 g/mol. The lowest BCUT2D eigenvalue weighted by molar-refractivity contribution is -0.144. The SMILES string of the molecule is Cl.NC(=O)C1C2CCC(CC2)C1C(=O)NCCCCN1CCN(c2ncccn2)CC1. The highest BCUT2D eigenvalue weighted by atomic mass is 35.5. The number of carbonyl (C=O) groups is 2. The number of fused-ring (bicyclic) bond motifs is 3. The molecule has 3 saturated carbocycles. The lowest BCUT2D eigenvalue weighted by atomic mass is 9.58. The standard InChI is InChI=1S/C22H34N6O2.ClH/c23-20(29)18-16-4-6-17(7-5-16)19(18)21(30)24-8-1-2-11-27-12-14-28(15-13-27)22-25-9-3-10-26-22;/h3,9-10,16-19H,1-2,4-8,11-15H2,(H2,23,29)(H,24,30);1H.